The number of nitro groups is 1. The SMILES string of the molecule is CC(C)C(O)(CC(=O)[O-])C(=O)[O-].O=[N+]([O-])c1c(Cl)cccc1-c1c[nH]cc1Cl. The van der Waals surface area contributed by atoms with Crippen LogP contribution >= 0.6 is 23.2 Å². The summed E-state index contributed by atoms with van der Waals surface area (Å²) in [7, 11) is 0. The predicted molar refractivity (Wildman–Crippen MR) is 97.3 cm³/mol. The van der Waals surface area contributed by atoms with E-state index in [4.69, 9.17) is 23.2 Å². The van der Waals surface area contributed by atoms with Gasteiger partial charge in [-0.05, 0) is 18.1 Å². The second-order valence-corrected chi connectivity index (χ2v) is 6.84. The van der Waals surface area contributed by atoms with Gasteiger partial charge < -0.3 is 29.9 Å². The van der Waals surface area contributed by atoms with Crippen molar-refractivity contribution < 1.29 is 29.8 Å². The Morgan fingerprint density at radius 3 is 2.14 bits per heavy atom. The quantitative estimate of drug-likeness (QED) is 0.513. The van der Waals surface area contributed by atoms with Gasteiger partial charge in [-0.2, -0.15) is 0 Å². The number of nitrogens with zero attached hydrogens (tertiary/aromatic N) is 1. The molecule has 0 aliphatic heterocycles. The maximum absolute atomic E-state index is 10.9. The molecule has 0 saturated carbocycles. The summed E-state index contributed by atoms with van der Waals surface area (Å²) >= 11 is 11.7. The van der Waals surface area contributed by atoms with Crippen LogP contribution in [0.2, 0.25) is 10.0 Å². The molecule has 1 heterocycles. The molecule has 2 rings (SSSR count). The van der Waals surface area contributed by atoms with Gasteiger partial charge in [0.05, 0.1) is 21.5 Å². The topological polar surface area (TPSA) is 159 Å². The number of rotatable bonds is 6. The summed E-state index contributed by atoms with van der Waals surface area (Å²) in [4.78, 5) is 33.6. The molecule has 2 N–H and O–H groups in total. The van der Waals surface area contributed by atoms with Crippen LogP contribution in [0.3, 0.4) is 0 Å². The second kappa shape index (κ2) is 9.54. The van der Waals surface area contributed by atoms with Crippen LogP contribution in [0.1, 0.15) is 20.3 Å². The van der Waals surface area contributed by atoms with Gasteiger partial charge in [-0.1, -0.05) is 43.1 Å². The summed E-state index contributed by atoms with van der Waals surface area (Å²) in [5.74, 6) is -4.14. The average Bonchev–Trinajstić information content (AvgIpc) is 2.99. The minimum Gasteiger partial charge on any atom is -0.550 e. The first-order chi connectivity index (χ1) is 12.9. The van der Waals surface area contributed by atoms with Gasteiger partial charge in [0.1, 0.15) is 10.6 Å². The van der Waals surface area contributed by atoms with Crippen LogP contribution in [-0.4, -0.2) is 32.6 Å². The van der Waals surface area contributed by atoms with Crippen molar-refractivity contribution in [3.63, 3.8) is 0 Å². The zero-order chi connectivity index (χ0) is 21.6. The number of nitro benzene ring substituents is 1. The minimum absolute atomic E-state index is 0.0970. The van der Waals surface area contributed by atoms with E-state index in [1.807, 2.05) is 0 Å². The van der Waals surface area contributed by atoms with E-state index in [0.29, 0.717) is 16.1 Å². The molecule has 9 nitrogen and oxygen atoms in total. The zero-order valence-corrected chi connectivity index (χ0v) is 16.3. The van der Waals surface area contributed by atoms with E-state index in [2.05, 4.69) is 4.98 Å². The van der Waals surface area contributed by atoms with E-state index >= 15 is 0 Å². The van der Waals surface area contributed by atoms with Gasteiger partial charge >= 0.3 is 0 Å². The highest BCUT2D eigenvalue weighted by Gasteiger charge is 2.32. The molecule has 0 aliphatic carbocycles. The number of aromatic nitrogens is 1. The van der Waals surface area contributed by atoms with E-state index < -0.39 is 34.8 Å². The fourth-order valence-corrected chi connectivity index (χ4v) is 2.66. The number of hydrogen-bond acceptors (Lipinski definition) is 7. The summed E-state index contributed by atoms with van der Waals surface area (Å²) < 4.78 is 0. The molecule has 0 fully saturated rings. The van der Waals surface area contributed by atoms with Gasteiger partial charge in [0, 0.05) is 30.3 Å². The lowest BCUT2D eigenvalue weighted by Crippen LogP contribution is -2.54. The first-order valence-electron chi connectivity index (χ1n) is 7.81. The van der Waals surface area contributed by atoms with Crippen molar-refractivity contribution in [2.24, 2.45) is 5.92 Å². The molecule has 0 radical (unpaired) electrons. The summed E-state index contributed by atoms with van der Waals surface area (Å²) in [5, 5.41) is 41.1. The summed E-state index contributed by atoms with van der Waals surface area (Å²) in [5.41, 5.74) is -1.50. The Bertz CT molecular complexity index is 882. The number of para-hydroxylation sites is 1. The molecule has 2 aromatic rings. The molecule has 1 atom stereocenters. The molecular weight excluding hydrogens is 415 g/mol. The van der Waals surface area contributed by atoms with Crippen LogP contribution in [0.25, 0.3) is 11.1 Å². The maximum Gasteiger partial charge on any atom is 0.295 e. The average molecular weight is 431 g/mol. The molecular formula is C17H16Cl2N2O7-2. The molecule has 0 spiro atoms. The number of carboxylic acid groups (broad SMARTS) is 2. The fourth-order valence-electron chi connectivity index (χ4n) is 2.20. The molecule has 0 aliphatic rings. The van der Waals surface area contributed by atoms with E-state index in [0.717, 1.165) is 0 Å². The van der Waals surface area contributed by atoms with Crippen molar-refractivity contribution in [2.75, 3.05) is 0 Å². The first kappa shape index (κ1) is 23.4. The largest absolute Gasteiger partial charge is 0.550 e. The number of aromatic amines is 1. The number of carbonyl (C=O) groups is 2. The Labute approximate surface area is 169 Å². The third-order valence-electron chi connectivity index (χ3n) is 3.88. The van der Waals surface area contributed by atoms with E-state index in [1.165, 1.54) is 19.9 Å². The number of benzene rings is 1. The zero-order valence-electron chi connectivity index (χ0n) is 14.8. The second-order valence-electron chi connectivity index (χ2n) is 6.03. The van der Waals surface area contributed by atoms with Gasteiger partial charge in [-0.3, -0.25) is 10.1 Å². The monoisotopic (exact) mass is 430 g/mol. The molecule has 152 valence electrons. The smallest absolute Gasteiger partial charge is 0.295 e. The molecule has 0 amide bonds. The van der Waals surface area contributed by atoms with E-state index in [1.54, 1.807) is 24.5 Å². The molecule has 1 aromatic carbocycles. The normalized spacial score (nSPS) is 12.6. The van der Waals surface area contributed by atoms with Crippen molar-refractivity contribution in [1.82, 2.24) is 4.98 Å². The van der Waals surface area contributed by atoms with E-state index in [-0.39, 0.29) is 10.7 Å². The summed E-state index contributed by atoms with van der Waals surface area (Å²) in [6.45, 7) is 2.78. The van der Waals surface area contributed by atoms with Gasteiger partial charge in [0.25, 0.3) is 5.69 Å². The van der Waals surface area contributed by atoms with Gasteiger partial charge in [0.2, 0.25) is 0 Å². The van der Waals surface area contributed by atoms with Crippen LogP contribution < -0.4 is 10.2 Å². The van der Waals surface area contributed by atoms with Crippen molar-refractivity contribution in [3.8, 4) is 11.1 Å². The first-order valence-corrected chi connectivity index (χ1v) is 8.56. The number of halogens is 2. The maximum atomic E-state index is 10.9. The third-order valence-corrected chi connectivity index (χ3v) is 4.49. The standard InChI is InChI=1S/C10H6Cl2N2O2.C7H12O5/c11-8-3-1-2-6(10(8)14(15)16)7-4-13-5-9(7)12;1-4(2)7(12,6(10)11)3-5(8)9/h1-5,13H;4,12H,3H2,1-2H3,(H,8,9)(H,10,11)/p-2. The molecule has 11 heteroatoms. The van der Waals surface area contributed by atoms with Crippen LogP contribution in [0.4, 0.5) is 5.69 Å². The number of nitrogens with one attached hydrogen (secondary N) is 1. The van der Waals surface area contributed by atoms with Crippen LogP contribution in [-0.2, 0) is 9.59 Å². The molecule has 0 bridgehead atoms. The number of carboxylic acids is 2. The Hall–Kier alpha value is -2.62. The van der Waals surface area contributed by atoms with Crippen molar-refractivity contribution in [1.29, 1.82) is 0 Å². The molecule has 0 saturated heterocycles. The van der Waals surface area contributed by atoms with Crippen molar-refractivity contribution >= 4 is 40.8 Å². The lowest BCUT2D eigenvalue weighted by Gasteiger charge is -2.33. The highest BCUT2D eigenvalue weighted by molar-refractivity contribution is 6.35. The van der Waals surface area contributed by atoms with Crippen LogP contribution in [0, 0.1) is 16.0 Å². The Balaban J connectivity index is 0.000000295. The minimum atomic E-state index is -2.33. The Morgan fingerprint density at radius 1 is 1.18 bits per heavy atom. The Morgan fingerprint density at radius 2 is 1.79 bits per heavy atom. The highest BCUT2D eigenvalue weighted by Crippen LogP contribution is 2.38. The van der Waals surface area contributed by atoms with Gasteiger partial charge in [-0.25, -0.2) is 0 Å². The van der Waals surface area contributed by atoms with Crippen LogP contribution in [0.5, 0.6) is 0 Å². The highest BCUT2D eigenvalue weighted by atomic mass is 35.5. The lowest BCUT2D eigenvalue weighted by atomic mass is 9.87. The van der Waals surface area contributed by atoms with Crippen LogP contribution in [0.15, 0.2) is 30.6 Å². The molecule has 1 aromatic heterocycles. The number of aliphatic hydroxyl groups is 1. The lowest BCUT2D eigenvalue weighted by molar-refractivity contribution is -0.384. The third kappa shape index (κ3) is 5.44. The number of H-pyrrole nitrogens is 1. The van der Waals surface area contributed by atoms with Crippen molar-refractivity contribution in [2.45, 2.75) is 25.9 Å². The Kier molecular flexibility index (Phi) is 7.98. The predicted octanol–water partition coefficient (Wildman–Crippen LogP) is 1.16. The number of hydrogen-bond donors (Lipinski definition) is 2. The fraction of sp³-hybridized carbons (Fsp3) is 0.294. The van der Waals surface area contributed by atoms with Gasteiger partial charge in [-0.15, -0.1) is 0 Å². The number of aliphatic carboxylic acids is 2. The molecule has 1 unspecified atom stereocenters. The summed E-state index contributed by atoms with van der Waals surface area (Å²) in [6, 6.07) is 4.73. The molecule has 28 heavy (non-hydrogen) atoms. The van der Waals surface area contributed by atoms with E-state index in [9.17, 15) is 35.0 Å². The van der Waals surface area contributed by atoms with Gasteiger partial charge in [0.15, 0.2) is 0 Å². The summed E-state index contributed by atoms with van der Waals surface area (Å²) in [6.07, 6.45) is 2.20. The van der Waals surface area contributed by atoms with Crippen molar-refractivity contribution in [3.05, 3.63) is 50.8 Å². The number of carbonyl (C=O) groups excluding carboxylic acids is 2.